The maximum absolute atomic E-state index is 13.3. The number of hydrogen-bond acceptors (Lipinski definition) is 8. The molecule has 0 spiro atoms. The standard InChI is InChI=1S/C21H21N7O2S/c1-27-19(29)15-9-28(18-16(30-2)4-3-5-25-18)11-21(15,26-20(27)22)17-6-13(10-31-17)14-7-23-12-24-8-14/h3-8,10,12,15H,9,11H2,1-2H3,(H2,22,26)/t15?,21-/m0/s1. The number of aromatic nitrogens is 3. The molecule has 1 amide bonds. The molecule has 0 bridgehead atoms. The summed E-state index contributed by atoms with van der Waals surface area (Å²) in [7, 11) is 3.24. The lowest BCUT2D eigenvalue weighted by molar-refractivity contribution is -0.133. The molecule has 2 aliphatic heterocycles. The lowest BCUT2D eigenvalue weighted by atomic mass is 9.82. The number of pyridine rings is 1. The van der Waals surface area contributed by atoms with Crippen molar-refractivity contribution in [3.8, 4) is 16.9 Å². The summed E-state index contributed by atoms with van der Waals surface area (Å²) in [6.45, 7) is 0.955. The summed E-state index contributed by atoms with van der Waals surface area (Å²) >= 11 is 1.57. The number of guanidine groups is 1. The fourth-order valence-corrected chi connectivity index (χ4v) is 5.45. The highest BCUT2D eigenvalue weighted by Gasteiger charge is 2.57. The third-order valence-electron chi connectivity index (χ3n) is 5.95. The van der Waals surface area contributed by atoms with E-state index >= 15 is 0 Å². The minimum absolute atomic E-state index is 0.0841. The molecular weight excluding hydrogens is 414 g/mol. The van der Waals surface area contributed by atoms with Crippen molar-refractivity contribution in [1.29, 1.82) is 5.41 Å². The van der Waals surface area contributed by atoms with Crippen molar-refractivity contribution in [2.45, 2.75) is 5.54 Å². The van der Waals surface area contributed by atoms with Gasteiger partial charge in [-0.2, -0.15) is 0 Å². The minimum Gasteiger partial charge on any atom is -0.493 e. The normalized spacial score (nSPS) is 23.0. The highest BCUT2D eigenvalue weighted by molar-refractivity contribution is 7.10. The minimum atomic E-state index is -0.734. The number of amides is 1. The molecule has 1 unspecified atom stereocenters. The molecule has 0 saturated carbocycles. The van der Waals surface area contributed by atoms with Crippen LogP contribution in [-0.4, -0.2) is 59.0 Å². The van der Waals surface area contributed by atoms with E-state index in [1.54, 1.807) is 44.1 Å². The zero-order valence-corrected chi connectivity index (χ0v) is 17.9. The number of anilines is 1. The van der Waals surface area contributed by atoms with Crippen LogP contribution in [0, 0.1) is 11.3 Å². The van der Waals surface area contributed by atoms with Crippen LogP contribution in [0.1, 0.15) is 4.88 Å². The smallest absolute Gasteiger partial charge is 0.236 e. The Balaban J connectivity index is 1.59. The average molecular weight is 436 g/mol. The Bertz CT molecular complexity index is 1150. The fourth-order valence-electron chi connectivity index (χ4n) is 4.33. The van der Waals surface area contributed by atoms with Gasteiger partial charge in [0.15, 0.2) is 17.5 Å². The Morgan fingerprint density at radius 1 is 1.32 bits per heavy atom. The maximum Gasteiger partial charge on any atom is 0.236 e. The van der Waals surface area contributed by atoms with Gasteiger partial charge in [0.1, 0.15) is 11.9 Å². The number of carbonyl (C=O) groups is 1. The van der Waals surface area contributed by atoms with Gasteiger partial charge in [0.2, 0.25) is 5.91 Å². The molecule has 2 fully saturated rings. The molecule has 5 heterocycles. The number of carbonyl (C=O) groups excluding carboxylic acids is 1. The molecule has 2 N–H and O–H groups in total. The largest absolute Gasteiger partial charge is 0.493 e. The highest BCUT2D eigenvalue weighted by Crippen LogP contribution is 2.46. The van der Waals surface area contributed by atoms with Gasteiger partial charge in [-0.05, 0) is 29.1 Å². The molecule has 3 aromatic heterocycles. The summed E-state index contributed by atoms with van der Waals surface area (Å²) in [4.78, 5) is 30.4. The van der Waals surface area contributed by atoms with Crippen LogP contribution in [0.5, 0.6) is 5.75 Å². The number of fused-ring (bicyclic) bond motifs is 1. The molecule has 5 rings (SSSR count). The van der Waals surface area contributed by atoms with Crippen LogP contribution in [0.15, 0.2) is 48.5 Å². The molecule has 2 atom stereocenters. The Labute approximate surface area is 183 Å². The first kappa shape index (κ1) is 19.4. The number of ether oxygens (including phenoxy) is 1. The van der Waals surface area contributed by atoms with Gasteiger partial charge in [-0.25, -0.2) is 15.0 Å². The summed E-state index contributed by atoms with van der Waals surface area (Å²) in [6.07, 6.45) is 6.75. The third kappa shape index (κ3) is 3.02. The Morgan fingerprint density at radius 2 is 2.13 bits per heavy atom. The average Bonchev–Trinajstić information content (AvgIpc) is 3.44. The van der Waals surface area contributed by atoms with Gasteiger partial charge >= 0.3 is 0 Å². The topological polar surface area (TPSA) is 107 Å². The van der Waals surface area contributed by atoms with Crippen molar-refractivity contribution in [3.63, 3.8) is 0 Å². The molecule has 9 nitrogen and oxygen atoms in total. The summed E-state index contributed by atoms with van der Waals surface area (Å²) in [6, 6.07) is 5.75. The number of hydrogen-bond donors (Lipinski definition) is 2. The molecule has 158 valence electrons. The maximum atomic E-state index is 13.3. The fraction of sp³-hybridized carbons (Fsp3) is 0.286. The van der Waals surface area contributed by atoms with Gasteiger partial charge in [-0.3, -0.25) is 15.1 Å². The molecule has 0 aromatic carbocycles. The van der Waals surface area contributed by atoms with Crippen LogP contribution >= 0.6 is 11.3 Å². The van der Waals surface area contributed by atoms with Crippen LogP contribution in [-0.2, 0) is 10.3 Å². The van der Waals surface area contributed by atoms with Crippen LogP contribution in [0.3, 0.4) is 0 Å². The first-order valence-corrected chi connectivity index (χ1v) is 10.6. The van der Waals surface area contributed by atoms with E-state index in [9.17, 15) is 4.79 Å². The van der Waals surface area contributed by atoms with Crippen molar-refractivity contribution in [3.05, 3.63) is 53.4 Å². The second-order valence-corrected chi connectivity index (χ2v) is 8.54. The van der Waals surface area contributed by atoms with Crippen molar-refractivity contribution in [2.75, 3.05) is 32.1 Å². The molecule has 0 aliphatic carbocycles. The molecule has 3 aromatic rings. The molecule has 0 radical (unpaired) electrons. The van der Waals surface area contributed by atoms with Gasteiger partial charge in [0, 0.05) is 49.2 Å². The van der Waals surface area contributed by atoms with Gasteiger partial charge < -0.3 is 15.0 Å². The second-order valence-electron chi connectivity index (χ2n) is 7.63. The van der Waals surface area contributed by atoms with Crippen molar-refractivity contribution < 1.29 is 9.53 Å². The predicted octanol–water partition coefficient (Wildman–Crippen LogP) is 1.94. The quantitative estimate of drug-likeness (QED) is 0.645. The van der Waals surface area contributed by atoms with E-state index in [-0.39, 0.29) is 17.8 Å². The summed E-state index contributed by atoms with van der Waals surface area (Å²) in [5.74, 6) is 0.973. The van der Waals surface area contributed by atoms with Gasteiger partial charge in [0.05, 0.1) is 13.0 Å². The van der Waals surface area contributed by atoms with E-state index in [1.807, 2.05) is 17.5 Å². The van der Waals surface area contributed by atoms with Crippen molar-refractivity contribution >= 4 is 29.0 Å². The molecule has 2 aliphatic rings. The van der Waals surface area contributed by atoms with E-state index in [2.05, 4.69) is 31.2 Å². The van der Waals surface area contributed by atoms with Crippen LogP contribution in [0.4, 0.5) is 5.82 Å². The van der Waals surface area contributed by atoms with Gasteiger partial charge in [-0.1, -0.05) is 0 Å². The van der Waals surface area contributed by atoms with E-state index in [1.165, 1.54) is 11.2 Å². The summed E-state index contributed by atoms with van der Waals surface area (Å²) in [5, 5.41) is 13.8. The van der Waals surface area contributed by atoms with Crippen LogP contribution in [0.2, 0.25) is 0 Å². The highest BCUT2D eigenvalue weighted by atomic mass is 32.1. The number of nitrogens with zero attached hydrogens (tertiary/aromatic N) is 5. The zero-order chi connectivity index (χ0) is 21.6. The number of thiophene rings is 1. The molecule has 2 saturated heterocycles. The predicted molar refractivity (Wildman–Crippen MR) is 117 cm³/mol. The zero-order valence-electron chi connectivity index (χ0n) is 17.1. The van der Waals surface area contributed by atoms with Gasteiger partial charge in [-0.15, -0.1) is 11.3 Å². The second kappa shape index (κ2) is 7.31. The lowest BCUT2D eigenvalue weighted by Gasteiger charge is -2.42. The third-order valence-corrected chi connectivity index (χ3v) is 7.05. The Hall–Kier alpha value is -3.53. The Morgan fingerprint density at radius 3 is 2.90 bits per heavy atom. The van der Waals surface area contributed by atoms with E-state index < -0.39 is 5.54 Å². The summed E-state index contributed by atoms with van der Waals surface area (Å²) < 4.78 is 5.51. The molecule has 10 heteroatoms. The van der Waals surface area contributed by atoms with Crippen molar-refractivity contribution in [1.82, 2.24) is 25.2 Å². The van der Waals surface area contributed by atoms with Crippen molar-refractivity contribution in [2.24, 2.45) is 5.92 Å². The molecular formula is C21H21N7O2S. The van der Waals surface area contributed by atoms with Crippen LogP contribution in [0.25, 0.3) is 11.1 Å². The SMILES string of the molecule is COc1cccnc1N1CC2C(=O)N(C)C(=N)N[C@@]2(c2cc(-c3cncnc3)cs2)C1. The number of nitrogens with one attached hydrogen (secondary N) is 2. The first-order chi connectivity index (χ1) is 15.0. The van der Waals surface area contributed by atoms with E-state index in [0.29, 0.717) is 24.7 Å². The number of methoxy groups -OCH3 is 1. The Kier molecular flexibility index (Phi) is 4.58. The first-order valence-electron chi connectivity index (χ1n) is 9.76. The van der Waals surface area contributed by atoms with E-state index in [0.717, 1.165) is 16.0 Å². The molecule has 31 heavy (non-hydrogen) atoms. The van der Waals surface area contributed by atoms with Gasteiger partial charge in [0.25, 0.3) is 0 Å². The monoisotopic (exact) mass is 435 g/mol. The summed E-state index contributed by atoms with van der Waals surface area (Å²) in [5.41, 5.74) is 1.16. The number of rotatable bonds is 4. The van der Waals surface area contributed by atoms with E-state index in [4.69, 9.17) is 10.1 Å². The van der Waals surface area contributed by atoms with Crippen LogP contribution < -0.4 is 15.0 Å². The lowest BCUT2D eigenvalue weighted by Crippen LogP contribution is -2.64.